The number of nitro groups is 1. The van der Waals surface area contributed by atoms with Gasteiger partial charge in [0, 0.05) is 13.6 Å². The highest BCUT2D eigenvalue weighted by molar-refractivity contribution is 5.52. The third-order valence-corrected chi connectivity index (χ3v) is 3.88. The molecule has 1 aliphatic carbocycles. The number of nitrogens with zero attached hydrogens (tertiary/aromatic N) is 3. The quantitative estimate of drug-likeness (QED) is 0.640. The van der Waals surface area contributed by atoms with Gasteiger partial charge < -0.3 is 20.5 Å². The highest BCUT2D eigenvalue weighted by Crippen LogP contribution is 2.32. The molecular formula is C12H20N4O3. The maximum atomic E-state index is 10.8. The van der Waals surface area contributed by atoms with E-state index in [4.69, 9.17) is 0 Å². The van der Waals surface area contributed by atoms with Gasteiger partial charge in [-0.2, -0.15) is 0 Å². The summed E-state index contributed by atoms with van der Waals surface area (Å²) in [6.45, 7) is 2.50. The number of nitrogens with one attached hydrogen (secondary N) is 1. The van der Waals surface area contributed by atoms with Crippen LogP contribution in [0, 0.1) is 16.0 Å². The molecule has 1 aliphatic rings. The standard InChI is InChI=1S/C12H20N4O3/c1-9-3-5-12(17,6-4-9)7-13-10-11(16(18)19)14-8-15(10)2/h8-9,13,17H,3-7H2,1-2H3. The summed E-state index contributed by atoms with van der Waals surface area (Å²) in [4.78, 5) is 14.1. The number of aromatic nitrogens is 2. The molecule has 0 radical (unpaired) electrons. The molecule has 0 aliphatic heterocycles. The van der Waals surface area contributed by atoms with E-state index in [9.17, 15) is 15.2 Å². The molecule has 2 N–H and O–H groups in total. The first-order valence-corrected chi connectivity index (χ1v) is 6.53. The Balaban J connectivity index is 2.02. The molecule has 1 heterocycles. The number of aryl methyl sites for hydroxylation is 1. The van der Waals surface area contributed by atoms with Gasteiger partial charge in [0.2, 0.25) is 12.1 Å². The Bertz CT molecular complexity index is 464. The lowest BCUT2D eigenvalue weighted by Crippen LogP contribution is -2.40. The van der Waals surface area contributed by atoms with Crippen molar-refractivity contribution in [3.8, 4) is 0 Å². The van der Waals surface area contributed by atoms with E-state index < -0.39 is 10.5 Å². The van der Waals surface area contributed by atoms with Gasteiger partial charge in [-0.15, -0.1) is 0 Å². The van der Waals surface area contributed by atoms with Gasteiger partial charge in [-0.25, -0.2) is 0 Å². The lowest BCUT2D eigenvalue weighted by Gasteiger charge is -2.35. The predicted octanol–water partition coefficient (Wildman–Crippen LogP) is 1.68. The first-order chi connectivity index (χ1) is 8.91. The topological polar surface area (TPSA) is 93.2 Å². The van der Waals surface area contributed by atoms with Crippen molar-refractivity contribution in [1.82, 2.24) is 9.55 Å². The second-order valence-corrected chi connectivity index (χ2v) is 5.55. The molecule has 7 nitrogen and oxygen atoms in total. The number of hydrogen-bond acceptors (Lipinski definition) is 5. The van der Waals surface area contributed by atoms with Crippen molar-refractivity contribution in [2.45, 2.75) is 38.2 Å². The van der Waals surface area contributed by atoms with Crippen molar-refractivity contribution in [2.24, 2.45) is 13.0 Å². The minimum Gasteiger partial charge on any atom is -0.388 e. The summed E-state index contributed by atoms with van der Waals surface area (Å²) in [5.41, 5.74) is -0.773. The second kappa shape index (κ2) is 5.16. The van der Waals surface area contributed by atoms with Crippen LogP contribution in [0.3, 0.4) is 0 Å². The molecule has 1 aromatic rings. The molecule has 1 fully saturated rings. The Hall–Kier alpha value is -1.63. The average Bonchev–Trinajstić information content (AvgIpc) is 2.73. The van der Waals surface area contributed by atoms with Crippen LogP contribution in [-0.2, 0) is 7.05 Å². The van der Waals surface area contributed by atoms with Crippen LogP contribution in [0.5, 0.6) is 0 Å². The van der Waals surface area contributed by atoms with Crippen molar-refractivity contribution >= 4 is 11.6 Å². The first-order valence-electron chi connectivity index (χ1n) is 6.53. The summed E-state index contributed by atoms with van der Waals surface area (Å²) in [5.74, 6) is 0.790. The van der Waals surface area contributed by atoms with Crippen LogP contribution in [0.2, 0.25) is 0 Å². The molecule has 19 heavy (non-hydrogen) atoms. The van der Waals surface area contributed by atoms with Crippen molar-refractivity contribution in [2.75, 3.05) is 11.9 Å². The maximum absolute atomic E-state index is 10.8. The fourth-order valence-corrected chi connectivity index (χ4v) is 2.48. The van der Waals surface area contributed by atoms with Crippen molar-refractivity contribution in [3.63, 3.8) is 0 Å². The Morgan fingerprint density at radius 3 is 2.84 bits per heavy atom. The normalized spacial score (nSPS) is 27.2. The van der Waals surface area contributed by atoms with Crippen LogP contribution in [0.25, 0.3) is 0 Å². The number of rotatable bonds is 4. The molecule has 1 saturated carbocycles. The van der Waals surface area contributed by atoms with Gasteiger partial charge in [-0.05, 0) is 41.5 Å². The van der Waals surface area contributed by atoms with E-state index in [0.717, 1.165) is 25.7 Å². The van der Waals surface area contributed by atoms with Gasteiger partial charge in [0.25, 0.3) is 0 Å². The molecular weight excluding hydrogens is 248 g/mol. The fraction of sp³-hybridized carbons (Fsp3) is 0.750. The zero-order chi connectivity index (χ0) is 14.0. The van der Waals surface area contributed by atoms with Gasteiger partial charge >= 0.3 is 5.82 Å². The molecule has 0 bridgehead atoms. The van der Waals surface area contributed by atoms with Gasteiger partial charge in [-0.3, -0.25) is 4.57 Å². The van der Waals surface area contributed by atoms with E-state index in [1.54, 1.807) is 11.6 Å². The molecule has 0 unspecified atom stereocenters. The van der Waals surface area contributed by atoms with Crippen molar-refractivity contribution in [3.05, 3.63) is 16.4 Å². The lowest BCUT2D eigenvalue weighted by atomic mass is 9.79. The molecule has 106 valence electrons. The predicted molar refractivity (Wildman–Crippen MR) is 70.9 cm³/mol. The van der Waals surface area contributed by atoms with Crippen LogP contribution in [0.15, 0.2) is 6.33 Å². The van der Waals surface area contributed by atoms with Crippen LogP contribution < -0.4 is 5.32 Å². The molecule has 7 heteroatoms. The van der Waals surface area contributed by atoms with E-state index in [1.165, 1.54) is 6.33 Å². The second-order valence-electron chi connectivity index (χ2n) is 5.55. The molecule has 2 rings (SSSR count). The SMILES string of the molecule is CC1CCC(O)(CNc2c([N+](=O)[O-])ncn2C)CC1. The Kier molecular flexibility index (Phi) is 3.75. The highest BCUT2D eigenvalue weighted by Gasteiger charge is 2.32. The molecule has 1 aromatic heterocycles. The zero-order valence-electron chi connectivity index (χ0n) is 11.3. The summed E-state index contributed by atoms with van der Waals surface area (Å²) < 4.78 is 1.56. The fourth-order valence-electron chi connectivity index (χ4n) is 2.48. The van der Waals surface area contributed by atoms with E-state index in [-0.39, 0.29) is 5.82 Å². The Morgan fingerprint density at radius 1 is 1.63 bits per heavy atom. The van der Waals surface area contributed by atoms with Crippen LogP contribution in [0.4, 0.5) is 11.6 Å². The first kappa shape index (κ1) is 13.8. The summed E-state index contributed by atoms with van der Waals surface area (Å²) in [7, 11) is 1.69. The molecule has 0 amide bonds. The molecule has 0 spiro atoms. The highest BCUT2D eigenvalue weighted by atomic mass is 16.6. The summed E-state index contributed by atoms with van der Waals surface area (Å²) in [6.07, 6.45) is 4.84. The minimum atomic E-state index is -0.773. The third kappa shape index (κ3) is 3.04. The van der Waals surface area contributed by atoms with Gasteiger partial charge in [0.05, 0.1) is 5.60 Å². The van der Waals surface area contributed by atoms with Crippen LogP contribution >= 0.6 is 0 Å². The van der Waals surface area contributed by atoms with E-state index in [1.807, 2.05) is 0 Å². The zero-order valence-corrected chi connectivity index (χ0v) is 11.3. The van der Waals surface area contributed by atoms with E-state index in [0.29, 0.717) is 18.3 Å². The number of aliphatic hydroxyl groups is 1. The van der Waals surface area contributed by atoms with Crippen LogP contribution in [0.1, 0.15) is 32.6 Å². The maximum Gasteiger partial charge on any atom is 0.406 e. The third-order valence-electron chi connectivity index (χ3n) is 3.88. The Labute approximate surface area is 111 Å². The largest absolute Gasteiger partial charge is 0.406 e. The summed E-state index contributed by atoms with van der Waals surface area (Å²) in [6, 6.07) is 0. The summed E-state index contributed by atoms with van der Waals surface area (Å²) >= 11 is 0. The number of hydrogen-bond donors (Lipinski definition) is 2. The van der Waals surface area contributed by atoms with Crippen molar-refractivity contribution < 1.29 is 10.0 Å². The number of anilines is 1. The average molecular weight is 268 g/mol. The van der Waals surface area contributed by atoms with E-state index in [2.05, 4.69) is 17.2 Å². The van der Waals surface area contributed by atoms with E-state index >= 15 is 0 Å². The molecule has 0 aromatic carbocycles. The molecule has 0 saturated heterocycles. The molecule has 0 atom stereocenters. The monoisotopic (exact) mass is 268 g/mol. The number of imidazole rings is 1. The summed E-state index contributed by atoms with van der Waals surface area (Å²) in [5, 5.41) is 24.3. The van der Waals surface area contributed by atoms with Gasteiger partial charge in [0.15, 0.2) is 0 Å². The van der Waals surface area contributed by atoms with Crippen molar-refractivity contribution in [1.29, 1.82) is 0 Å². The van der Waals surface area contributed by atoms with Gasteiger partial charge in [0.1, 0.15) is 0 Å². The van der Waals surface area contributed by atoms with Gasteiger partial charge in [-0.1, -0.05) is 6.92 Å². The minimum absolute atomic E-state index is 0.199. The van der Waals surface area contributed by atoms with Crippen LogP contribution in [-0.4, -0.2) is 31.7 Å². The smallest absolute Gasteiger partial charge is 0.388 e. The Morgan fingerprint density at radius 2 is 2.26 bits per heavy atom. The lowest BCUT2D eigenvalue weighted by molar-refractivity contribution is -0.388.